The molecule has 0 bridgehead atoms. The second-order valence-electron chi connectivity index (χ2n) is 5.78. The Hall–Kier alpha value is -0.920. The van der Waals surface area contributed by atoms with Gasteiger partial charge in [0.15, 0.2) is 0 Å². The van der Waals surface area contributed by atoms with Gasteiger partial charge in [-0.25, -0.2) is 13.1 Å². The van der Waals surface area contributed by atoms with Crippen molar-refractivity contribution in [2.24, 2.45) is 5.92 Å². The summed E-state index contributed by atoms with van der Waals surface area (Å²) in [4.78, 5) is 0.207. The Balaban J connectivity index is 1.99. The largest absolute Gasteiger partial charge is 0.396 e. The van der Waals surface area contributed by atoms with Crippen molar-refractivity contribution < 1.29 is 13.5 Å². The number of hydrogen-bond donors (Lipinski definition) is 2. The van der Waals surface area contributed by atoms with E-state index in [9.17, 15) is 8.42 Å². The molecule has 2 unspecified atom stereocenters. The Kier molecular flexibility index (Phi) is 5.78. The van der Waals surface area contributed by atoms with Gasteiger partial charge in [0.1, 0.15) is 4.90 Å². The quantitative estimate of drug-likeness (QED) is 0.799. The Bertz CT molecular complexity index is 541. The monoisotopic (exact) mass is 315 g/mol. The highest BCUT2D eigenvalue weighted by Crippen LogP contribution is 2.27. The van der Waals surface area contributed by atoms with E-state index in [1.165, 1.54) is 18.8 Å². The van der Waals surface area contributed by atoms with Crippen LogP contribution in [0.1, 0.15) is 45.4 Å². The van der Waals surface area contributed by atoms with Crippen LogP contribution in [0, 0.1) is 5.92 Å². The molecule has 1 saturated carbocycles. The number of nitrogens with zero attached hydrogens (tertiary/aromatic N) is 2. The minimum atomic E-state index is -3.49. The molecule has 1 aliphatic rings. The summed E-state index contributed by atoms with van der Waals surface area (Å²) < 4.78 is 29.1. The molecule has 0 aromatic carbocycles. The van der Waals surface area contributed by atoms with E-state index in [0.29, 0.717) is 18.9 Å². The molecule has 2 rings (SSSR count). The fraction of sp³-hybridized carbons (Fsp3) is 0.786. The minimum Gasteiger partial charge on any atom is -0.396 e. The first-order chi connectivity index (χ1) is 10.0. The van der Waals surface area contributed by atoms with E-state index < -0.39 is 10.0 Å². The van der Waals surface area contributed by atoms with Gasteiger partial charge >= 0.3 is 0 Å². The van der Waals surface area contributed by atoms with Gasteiger partial charge in [-0.1, -0.05) is 26.2 Å². The van der Waals surface area contributed by atoms with E-state index in [2.05, 4.69) is 16.7 Å². The number of aromatic nitrogens is 2. The van der Waals surface area contributed by atoms with E-state index in [-0.39, 0.29) is 17.5 Å². The van der Waals surface area contributed by atoms with Crippen molar-refractivity contribution in [3.05, 3.63) is 12.4 Å². The SMILES string of the molecule is CCC1CCCC(NS(=O)(=O)c2cnn(CCCO)c2)C1. The average Bonchev–Trinajstić information content (AvgIpc) is 2.94. The van der Waals surface area contributed by atoms with Gasteiger partial charge in [-0.2, -0.15) is 5.10 Å². The van der Waals surface area contributed by atoms with Crippen molar-refractivity contribution in [1.82, 2.24) is 14.5 Å². The minimum absolute atomic E-state index is 0.0366. The normalized spacial score (nSPS) is 23.3. The number of rotatable bonds is 7. The van der Waals surface area contributed by atoms with Gasteiger partial charge in [-0.05, 0) is 25.2 Å². The number of aliphatic hydroxyl groups excluding tert-OH is 1. The second kappa shape index (κ2) is 7.38. The third kappa shape index (κ3) is 4.52. The van der Waals surface area contributed by atoms with Gasteiger partial charge in [-0.3, -0.25) is 4.68 Å². The van der Waals surface area contributed by atoms with E-state index in [0.717, 1.165) is 25.7 Å². The predicted octanol–water partition coefficient (Wildman–Crippen LogP) is 1.51. The molecule has 1 aromatic rings. The lowest BCUT2D eigenvalue weighted by atomic mass is 9.85. The zero-order valence-corrected chi connectivity index (χ0v) is 13.3. The van der Waals surface area contributed by atoms with Crippen LogP contribution in [-0.2, 0) is 16.6 Å². The molecular formula is C14H25N3O3S. The van der Waals surface area contributed by atoms with Crippen LogP contribution in [0.25, 0.3) is 0 Å². The number of aryl methyl sites for hydroxylation is 1. The Labute approximate surface area is 126 Å². The molecule has 1 aliphatic carbocycles. The standard InChI is InChI=1S/C14H25N3O3S/c1-2-12-5-3-6-13(9-12)16-21(19,20)14-10-15-17(11-14)7-4-8-18/h10-13,16,18H,2-9H2,1H3. The zero-order valence-electron chi connectivity index (χ0n) is 12.5. The highest BCUT2D eigenvalue weighted by Gasteiger charge is 2.26. The Morgan fingerprint density at radius 2 is 2.29 bits per heavy atom. The number of aliphatic hydroxyl groups is 1. The first-order valence-electron chi connectivity index (χ1n) is 7.70. The summed E-state index contributed by atoms with van der Waals surface area (Å²) in [5.74, 6) is 0.624. The third-order valence-electron chi connectivity index (χ3n) is 4.15. The van der Waals surface area contributed by atoms with Crippen LogP contribution in [-0.4, -0.2) is 36.0 Å². The van der Waals surface area contributed by atoms with Gasteiger partial charge in [-0.15, -0.1) is 0 Å². The molecule has 2 N–H and O–H groups in total. The summed E-state index contributed by atoms with van der Waals surface area (Å²) in [7, 11) is -3.49. The Morgan fingerprint density at radius 3 is 3.00 bits per heavy atom. The molecule has 0 saturated heterocycles. The number of hydrogen-bond acceptors (Lipinski definition) is 4. The zero-order chi connectivity index (χ0) is 15.3. The van der Waals surface area contributed by atoms with Crippen molar-refractivity contribution in [2.75, 3.05) is 6.61 Å². The molecular weight excluding hydrogens is 290 g/mol. The fourth-order valence-electron chi connectivity index (χ4n) is 2.89. The first kappa shape index (κ1) is 16.5. The summed E-state index contributed by atoms with van der Waals surface area (Å²) in [5, 5.41) is 12.8. The lowest BCUT2D eigenvalue weighted by Crippen LogP contribution is -2.38. The highest BCUT2D eigenvalue weighted by atomic mass is 32.2. The van der Waals surface area contributed by atoms with Gasteiger partial charge < -0.3 is 5.11 Å². The maximum absolute atomic E-state index is 12.4. The molecule has 1 fully saturated rings. The van der Waals surface area contributed by atoms with E-state index in [1.807, 2.05) is 0 Å². The first-order valence-corrected chi connectivity index (χ1v) is 9.19. The molecule has 0 amide bonds. The molecule has 0 radical (unpaired) electrons. The molecule has 6 nitrogen and oxygen atoms in total. The molecule has 120 valence electrons. The van der Waals surface area contributed by atoms with Crippen LogP contribution >= 0.6 is 0 Å². The van der Waals surface area contributed by atoms with Crippen molar-refractivity contribution in [3.8, 4) is 0 Å². The molecule has 2 atom stereocenters. The molecule has 21 heavy (non-hydrogen) atoms. The van der Waals surface area contributed by atoms with Crippen LogP contribution in [0.5, 0.6) is 0 Å². The van der Waals surface area contributed by atoms with E-state index in [1.54, 1.807) is 4.68 Å². The molecule has 1 aromatic heterocycles. The lowest BCUT2D eigenvalue weighted by Gasteiger charge is -2.28. The maximum Gasteiger partial charge on any atom is 0.243 e. The summed E-state index contributed by atoms with van der Waals surface area (Å²) in [6, 6.07) is 0.0366. The third-order valence-corrected chi connectivity index (χ3v) is 5.62. The highest BCUT2D eigenvalue weighted by molar-refractivity contribution is 7.89. The van der Waals surface area contributed by atoms with Crippen molar-refractivity contribution in [1.29, 1.82) is 0 Å². The Morgan fingerprint density at radius 1 is 1.48 bits per heavy atom. The van der Waals surface area contributed by atoms with E-state index >= 15 is 0 Å². The fourth-order valence-corrected chi connectivity index (χ4v) is 4.13. The van der Waals surface area contributed by atoms with Crippen LogP contribution in [0.15, 0.2) is 17.3 Å². The predicted molar refractivity (Wildman–Crippen MR) is 80.3 cm³/mol. The summed E-state index contributed by atoms with van der Waals surface area (Å²) >= 11 is 0. The van der Waals surface area contributed by atoms with Crippen LogP contribution in [0.4, 0.5) is 0 Å². The molecule has 0 spiro atoms. The van der Waals surface area contributed by atoms with Crippen molar-refractivity contribution >= 4 is 10.0 Å². The number of sulfonamides is 1. The van der Waals surface area contributed by atoms with Crippen molar-refractivity contribution in [2.45, 2.75) is 62.9 Å². The smallest absolute Gasteiger partial charge is 0.243 e. The topological polar surface area (TPSA) is 84.2 Å². The van der Waals surface area contributed by atoms with Crippen molar-refractivity contribution in [3.63, 3.8) is 0 Å². The van der Waals surface area contributed by atoms with Crippen LogP contribution in [0.2, 0.25) is 0 Å². The van der Waals surface area contributed by atoms with Gasteiger partial charge in [0.05, 0.1) is 6.20 Å². The van der Waals surface area contributed by atoms with Gasteiger partial charge in [0.25, 0.3) is 0 Å². The molecule has 1 heterocycles. The molecule has 0 aliphatic heterocycles. The summed E-state index contributed by atoms with van der Waals surface area (Å²) in [5.41, 5.74) is 0. The van der Waals surface area contributed by atoms with Crippen LogP contribution < -0.4 is 4.72 Å². The lowest BCUT2D eigenvalue weighted by molar-refractivity contribution is 0.277. The van der Waals surface area contributed by atoms with Gasteiger partial charge in [0, 0.05) is 25.4 Å². The summed E-state index contributed by atoms with van der Waals surface area (Å²) in [6.07, 6.45) is 8.70. The van der Waals surface area contributed by atoms with Crippen LogP contribution in [0.3, 0.4) is 0 Å². The van der Waals surface area contributed by atoms with Gasteiger partial charge in [0.2, 0.25) is 10.0 Å². The molecule has 7 heteroatoms. The maximum atomic E-state index is 12.4. The van der Waals surface area contributed by atoms with E-state index in [4.69, 9.17) is 5.11 Å². The summed E-state index contributed by atoms with van der Waals surface area (Å²) in [6.45, 7) is 2.75. The average molecular weight is 315 g/mol. The number of nitrogens with one attached hydrogen (secondary N) is 1. The second-order valence-corrected chi connectivity index (χ2v) is 7.49.